The Morgan fingerprint density at radius 2 is 2.04 bits per heavy atom. The van der Waals surface area contributed by atoms with Crippen LogP contribution >= 0.6 is 39.1 Å². The quantitative estimate of drug-likeness (QED) is 0.704. The van der Waals surface area contributed by atoms with Gasteiger partial charge < -0.3 is 4.74 Å². The molecule has 2 heterocycles. The first-order chi connectivity index (χ1) is 11.4. The van der Waals surface area contributed by atoms with Crippen molar-refractivity contribution in [3.05, 3.63) is 51.0 Å². The molecule has 0 spiro atoms. The molecule has 1 unspecified atom stereocenters. The normalized spacial score (nSPS) is 18.7. The van der Waals surface area contributed by atoms with Crippen molar-refractivity contribution in [1.29, 1.82) is 0 Å². The lowest BCUT2D eigenvalue weighted by Gasteiger charge is -2.18. The minimum absolute atomic E-state index is 0.0130. The minimum Gasteiger partial charge on any atom is -0.473 e. The van der Waals surface area contributed by atoms with E-state index in [1.165, 1.54) is 16.4 Å². The summed E-state index contributed by atoms with van der Waals surface area (Å²) in [5.74, 6) is 0.461. The van der Waals surface area contributed by atoms with Crippen molar-refractivity contribution >= 4 is 49.2 Å². The van der Waals surface area contributed by atoms with Crippen LogP contribution in [0.2, 0.25) is 10.0 Å². The molecular formula is C15H13BrCl2N2O3S. The molecule has 1 aromatic heterocycles. The van der Waals surface area contributed by atoms with Gasteiger partial charge in [-0.05, 0) is 46.6 Å². The van der Waals surface area contributed by atoms with E-state index >= 15 is 0 Å². The lowest BCUT2D eigenvalue weighted by atomic mass is 10.3. The zero-order valence-corrected chi connectivity index (χ0v) is 16.2. The number of benzene rings is 1. The molecule has 128 valence electrons. The number of rotatable bonds is 4. The number of sulfonamides is 1. The van der Waals surface area contributed by atoms with Gasteiger partial charge in [0.2, 0.25) is 15.9 Å². The zero-order chi connectivity index (χ0) is 17.3. The minimum atomic E-state index is -3.71. The maximum Gasteiger partial charge on any atom is 0.244 e. The number of pyridine rings is 1. The van der Waals surface area contributed by atoms with Gasteiger partial charge in [0.25, 0.3) is 0 Å². The summed E-state index contributed by atoms with van der Waals surface area (Å²) in [5, 5.41) is 0.474. The highest BCUT2D eigenvalue weighted by Crippen LogP contribution is 2.30. The second-order valence-corrected chi connectivity index (χ2v) is 8.95. The molecule has 1 atom stereocenters. The van der Waals surface area contributed by atoms with Gasteiger partial charge >= 0.3 is 0 Å². The molecule has 9 heteroatoms. The van der Waals surface area contributed by atoms with Gasteiger partial charge in [0.05, 0.1) is 11.6 Å². The number of hydrogen-bond donors (Lipinski definition) is 0. The van der Waals surface area contributed by atoms with Crippen molar-refractivity contribution < 1.29 is 13.2 Å². The number of nitrogens with zero attached hydrogens (tertiary/aromatic N) is 2. The van der Waals surface area contributed by atoms with Gasteiger partial charge in [0, 0.05) is 28.3 Å². The van der Waals surface area contributed by atoms with Crippen LogP contribution in [-0.2, 0) is 10.0 Å². The molecule has 1 aliphatic rings. The molecule has 0 saturated carbocycles. The van der Waals surface area contributed by atoms with E-state index in [1.54, 1.807) is 18.3 Å². The molecule has 0 radical (unpaired) electrons. The van der Waals surface area contributed by atoms with Crippen molar-refractivity contribution in [2.45, 2.75) is 17.4 Å². The maximum atomic E-state index is 12.8. The molecule has 1 fully saturated rings. The number of hydrogen-bond acceptors (Lipinski definition) is 4. The van der Waals surface area contributed by atoms with E-state index in [1.807, 2.05) is 6.07 Å². The van der Waals surface area contributed by atoms with Crippen molar-refractivity contribution in [1.82, 2.24) is 9.29 Å². The Bertz CT molecular complexity index is 846. The van der Waals surface area contributed by atoms with Gasteiger partial charge in [0.1, 0.15) is 11.0 Å². The standard InChI is InChI=1S/C15H13BrCl2N2O3S/c16-10-1-4-15(19-8-10)23-12-5-6-20(9-12)24(21,22)14-7-11(17)2-3-13(14)18/h1-4,7-8,12H,5-6,9H2. The molecule has 5 nitrogen and oxygen atoms in total. The summed E-state index contributed by atoms with van der Waals surface area (Å²) in [6.45, 7) is 0.593. The molecule has 0 N–H and O–H groups in total. The molecule has 0 amide bonds. The highest BCUT2D eigenvalue weighted by molar-refractivity contribution is 9.10. The molecule has 1 aromatic carbocycles. The third-order valence-electron chi connectivity index (χ3n) is 3.61. The van der Waals surface area contributed by atoms with Gasteiger partial charge in [-0.1, -0.05) is 23.2 Å². The number of ether oxygens (including phenoxy) is 1. The molecule has 0 aliphatic carbocycles. The summed E-state index contributed by atoms with van der Waals surface area (Å²) in [6.07, 6.45) is 1.95. The van der Waals surface area contributed by atoms with Crippen LogP contribution in [0.25, 0.3) is 0 Å². The average Bonchev–Trinajstić information content (AvgIpc) is 3.01. The van der Waals surface area contributed by atoms with Crippen LogP contribution in [0.4, 0.5) is 0 Å². The largest absolute Gasteiger partial charge is 0.473 e. The first-order valence-corrected chi connectivity index (χ1v) is 10.1. The monoisotopic (exact) mass is 450 g/mol. The van der Waals surface area contributed by atoms with E-state index in [0.29, 0.717) is 23.9 Å². The Morgan fingerprint density at radius 3 is 2.75 bits per heavy atom. The Hall–Kier alpha value is -0.860. The lowest BCUT2D eigenvalue weighted by molar-refractivity contribution is 0.207. The fourth-order valence-corrected chi connectivity index (χ4v) is 4.89. The lowest BCUT2D eigenvalue weighted by Crippen LogP contribution is -2.31. The predicted octanol–water partition coefficient (Wildman–Crippen LogP) is 3.99. The topological polar surface area (TPSA) is 59.5 Å². The molecule has 0 bridgehead atoms. The summed E-state index contributed by atoms with van der Waals surface area (Å²) >= 11 is 15.2. The van der Waals surface area contributed by atoms with Gasteiger partial charge in [-0.3, -0.25) is 0 Å². The molecule has 2 aromatic rings. The van der Waals surface area contributed by atoms with Crippen molar-refractivity contribution in [2.24, 2.45) is 0 Å². The first kappa shape index (κ1) is 17.9. The van der Waals surface area contributed by atoms with E-state index in [9.17, 15) is 8.42 Å². The van der Waals surface area contributed by atoms with Crippen LogP contribution in [0.1, 0.15) is 6.42 Å². The summed E-state index contributed by atoms with van der Waals surface area (Å²) in [5.41, 5.74) is 0. The van der Waals surface area contributed by atoms with Gasteiger partial charge in [-0.2, -0.15) is 4.31 Å². The predicted molar refractivity (Wildman–Crippen MR) is 96.2 cm³/mol. The molecule has 1 saturated heterocycles. The van der Waals surface area contributed by atoms with Crippen molar-refractivity contribution in [3.8, 4) is 5.88 Å². The Labute approximate surface area is 158 Å². The Kier molecular flexibility index (Phi) is 5.36. The maximum absolute atomic E-state index is 12.8. The van der Waals surface area contributed by atoms with E-state index in [-0.39, 0.29) is 22.6 Å². The SMILES string of the molecule is O=S(=O)(c1cc(Cl)ccc1Cl)N1CCC(Oc2ccc(Br)cn2)C1. The van der Waals surface area contributed by atoms with E-state index in [0.717, 1.165) is 4.47 Å². The fourth-order valence-electron chi connectivity index (χ4n) is 2.43. The van der Waals surface area contributed by atoms with Crippen LogP contribution in [0.3, 0.4) is 0 Å². The van der Waals surface area contributed by atoms with Crippen LogP contribution < -0.4 is 4.74 Å². The summed E-state index contributed by atoms with van der Waals surface area (Å²) in [7, 11) is -3.71. The second-order valence-electron chi connectivity index (χ2n) is 5.28. The van der Waals surface area contributed by atoms with Crippen molar-refractivity contribution in [3.63, 3.8) is 0 Å². The van der Waals surface area contributed by atoms with Crippen molar-refractivity contribution in [2.75, 3.05) is 13.1 Å². The average molecular weight is 452 g/mol. The molecule has 24 heavy (non-hydrogen) atoms. The summed E-state index contributed by atoms with van der Waals surface area (Å²) < 4.78 is 33.5. The van der Waals surface area contributed by atoms with Crippen LogP contribution in [0, 0.1) is 0 Å². The number of halogens is 3. The Morgan fingerprint density at radius 1 is 1.25 bits per heavy atom. The molecule has 3 rings (SSSR count). The highest BCUT2D eigenvalue weighted by atomic mass is 79.9. The van der Waals surface area contributed by atoms with Gasteiger partial charge in [-0.25, -0.2) is 13.4 Å². The van der Waals surface area contributed by atoms with E-state index in [4.69, 9.17) is 27.9 Å². The third kappa shape index (κ3) is 3.86. The van der Waals surface area contributed by atoms with Gasteiger partial charge in [0.15, 0.2) is 0 Å². The van der Waals surface area contributed by atoms with Crippen LogP contribution in [-0.4, -0.2) is 36.9 Å². The molecular weight excluding hydrogens is 439 g/mol. The summed E-state index contributed by atoms with van der Waals surface area (Å²) in [6, 6.07) is 7.95. The van der Waals surface area contributed by atoms with Crippen LogP contribution in [0.5, 0.6) is 5.88 Å². The van der Waals surface area contributed by atoms with E-state index in [2.05, 4.69) is 20.9 Å². The molecule has 1 aliphatic heterocycles. The fraction of sp³-hybridized carbons (Fsp3) is 0.267. The van der Waals surface area contributed by atoms with Crippen LogP contribution in [0.15, 0.2) is 45.9 Å². The number of aromatic nitrogens is 1. The van der Waals surface area contributed by atoms with Gasteiger partial charge in [-0.15, -0.1) is 0 Å². The Balaban J connectivity index is 1.74. The summed E-state index contributed by atoms with van der Waals surface area (Å²) in [4.78, 5) is 4.15. The van der Waals surface area contributed by atoms with E-state index < -0.39 is 10.0 Å². The second kappa shape index (κ2) is 7.17. The smallest absolute Gasteiger partial charge is 0.244 e. The third-order valence-corrected chi connectivity index (χ3v) is 6.66. The first-order valence-electron chi connectivity index (χ1n) is 7.09. The highest BCUT2D eigenvalue weighted by Gasteiger charge is 2.35. The zero-order valence-electron chi connectivity index (χ0n) is 12.3.